The van der Waals surface area contributed by atoms with Crippen LogP contribution >= 0.6 is 0 Å². The molecule has 0 radical (unpaired) electrons. The summed E-state index contributed by atoms with van der Waals surface area (Å²) in [4.78, 5) is 11.6. The number of oxazole rings is 1. The molecule has 7 nitrogen and oxygen atoms in total. The first-order valence-electron chi connectivity index (χ1n) is 12.9. The molecule has 1 aliphatic carbocycles. The Morgan fingerprint density at radius 2 is 1.86 bits per heavy atom. The van der Waals surface area contributed by atoms with Crippen LogP contribution in [0, 0.1) is 12.8 Å². The molecule has 1 saturated carbocycles. The van der Waals surface area contributed by atoms with Crippen molar-refractivity contribution >= 4 is 5.82 Å². The Bertz CT molecular complexity index is 1230. The monoisotopic (exact) mass is 490 g/mol. The van der Waals surface area contributed by atoms with Gasteiger partial charge in [0.25, 0.3) is 0 Å². The summed E-state index contributed by atoms with van der Waals surface area (Å²) in [6.45, 7) is 11.5. The van der Waals surface area contributed by atoms with Gasteiger partial charge >= 0.3 is 0 Å². The number of hydrogen-bond donors (Lipinski definition) is 2. The number of benzene rings is 1. The second kappa shape index (κ2) is 9.11. The predicted molar refractivity (Wildman–Crippen MR) is 143 cm³/mol. The van der Waals surface area contributed by atoms with Gasteiger partial charge < -0.3 is 24.5 Å². The number of aromatic hydroxyl groups is 1. The second-order valence-corrected chi connectivity index (χ2v) is 11.8. The first-order valence-corrected chi connectivity index (χ1v) is 12.9. The number of piperidine rings is 1. The highest BCUT2D eigenvalue weighted by Gasteiger charge is 2.39. The highest BCUT2D eigenvalue weighted by atomic mass is 16.5. The second-order valence-electron chi connectivity index (χ2n) is 11.8. The number of nitrogens with zero attached hydrogens (tertiary/aromatic N) is 3. The van der Waals surface area contributed by atoms with E-state index < -0.39 is 0 Å². The van der Waals surface area contributed by atoms with E-state index in [1.54, 1.807) is 12.3 Å². The molecular formula is C29H38N4O3. The van der Waals surface area contributed by atoms with Gasteiger partial charge in [-0.2, -0.15) is 0 Å². The van der Waals surface area contributed by atoms with Crippen molar-refractivity contribution in [2.75, 3.05) is 18.6 Å². The molecule has 0 spiro atoms. The lowest BCUT2D eigenvalue weighted by atomic mass is 9.79. The molecule has 1 aliphatic heterocycles. The van der Waals surface area contributed by atoms with E-state index in [1.165, 1.54) is 12.8 Å². The summed E-state index contributed by atoms with van der Waals surface area (Å²) < 4.78 is 12.0. The van der Waals surface area contributed by atoms with Crippen LogP contribution in [0.4, 0.5) is 5.82 Å². The SMILES string of the molecule is Cc1cnc(-c2cc(O)c(-c3cccc(N(C)C4CC(C)(C)NC(C)(C)C4)n3)c(OCC3CC3)c2)o1. The third-order valence-corrected chi connectivity index (χ3v) is 7.19. The van der Waals surface area contributed by atoms with Crippen LogP contribution in [0.5, 0.6) is 11.5 Å². The van der Waals surface area contributed by atoms with Crippen LogP contribution in [0.2, 0.25) is 0 Å². The molecule has 0 bridgehead atoms. The molecule has 192 valence electrons. The van der Waals surface area contributed by atoms with Crippen LogP contribution in [-0.4, -0.2) is 45.8 Å². The standard InChI is InChI=1S/C29H38N4O3/c1-18-16-30-27(36-18)20-12-23(34)26(24(13-20)35-17-19-10-11-19)22-8-7-9-25(31-22)33(6)21-14-28(2,3)32-29(4,5)15-21/h7-9,12-13,16,19,21,32,34H,10-11,14-15,17H2,1-6H3. The summed E-state index contributed by atoms with van der Waals surface area (Å²) in [5.41, 5.74) is 2.04. The Balaban J connectivity index is 1.50. The third kappa shape index (κ3) is 5.36. The molecule has 3 aromatic rings. The molecule has 7 heteroatoms. The van der Waals surface area contributed by atoms with Gasteiger partial charge in [0, 0.05) is 29.7 Å². The molecule has 3 heterocycles. The van der Waals surface area contributed by atoms with Crippen molar-refractivity contribution in [1.29, 1.82) is 0 Å². The van der Waals surface area contributed by atoms with Crippen molar-refractivity contribution in [3.63, 3.8) is 0 Å². The maximum absolute atomic E-state index is 11.2. The number of phenols is 1. The fourth-order valence-electron chi connectivity index (χ4n) is 5.56. The molecule has 0 atom stereocenters. The van der Waals surface area contributed by atoms with Crippen LogP contribution in [0.1, 0.15) is 59.1 Å². The van der Waals surface area contributed by atoms with E-state index in [0.717, 1.165) is 24.4 Å². The van der Waals surface area contributed by atoms with Crippen molar-refractivity contribution in [3.05, 3.63) is 42.3 Å². The number of ether oxygens (including phenoxy) is 1. The number of rotatable bonds is 7. The molecule has 2 fully saturated rings. The average Bonchev–Trinajstić information content (AvgIpc) is 3.52. The van der Waals surface area contributed by atoms with Crippen molar-refractivity contribution in [2.45, 2.75) is 77.4 Å². The average molecular weight is 491 g/mol. The van der Waals surface area contributed by atoms with Crippen LogP contribution in [0.15, 0.2) is 40.9 Å². The number of aryl methyl sites for hydroxylation is 1. The molecule has 2 aromatic heterocycles. The fourth-order valence-corrected chi connectivity index (χ4v) is 5.56. The fraction of sp³-hybridized carbons (Fsp3) is 0.517. The zero-order chi connectivity index (χ0) is 25.7. The number of pyridine rings is 1. The van der Waals surface area contributed by atoms with Gasteiger partial charge in [-0.1, -0.05) is 6.07 Å². The van der Waals surface area contributed by atoms with E-state index in [2.05, 4.69) is 49.9 Å². The predicted octanol–water partition coefficient (Wildman–Crippen LogP) is 5.95. The van der Waals surface area contributed by atoms with Crippen molar-refractivity contribution in [2.24, 2.45) is 5.92 Å². The number of nitrogens with one attached hydrogen (secondary N) is 1. The molecule has 5 rings (SSSR count). The summed E-state index contributed by atoms with van der Waals surface area (Å²) in [5.74, 6) is 3.34. The van der Waals surface area contributed by atoms with Crippen molar-refractivity contribution < 1.29 is 14.3 Å². The molecule has 2 N–H and O–H groups in total. The van der Waals surface area contributed by atoms with Gasteiger partial charge in [-0.15, -0.1) is 0 Å². The van der Waals surface area contributed by atoms with Gasteiger partial charge in [-0.3, -0.25) is 0 Å². The highest BCUT2D eigenvalue weighted by Crippen LogP contribution is 2.43. The van der Waals surface area contributed by atoms with E-state index in [-0.39, 0.29) is 16.8 Å². The summed E-state index contributed by atoms with van der Waals surface area (Å²) in [7, 11) is 2.12. The Labute approximate surface area is 213 Å². The summed E-state index contributed by atoms with van der Waals surface area (Å²) in [6, 6.07) is 9.90. The van der Waals surface area contributed by atoms with E-state index in [4.69, 9.17) is 14.1 Å². The van der Waals surface area contributed by atoms with E-state index >= 15 is 0 Å². The lowest BCUT2D eigenvalue weighted by molar-refractivity contribution is 0.160. The first-order chi connectivity index (χ1) is 17.0. The maximum Gasteiger partial charge on any atom is 0.226 e. The summed E-state index contributed by atoms with van der Waals surface area (Å²) in [5, 5.41) is 14.9. The van der Waals surface area contributed by atoms with Crippen molar-refractivity contribution in [1.82, 2.24) is 15.3 Å². The largest absolute Gasteiger partial charge is 0.507 e. The van der Waals surface area contributed by atoms with Crippen LogP contribution in [0.3, 0.4) is 0 Å². The molecule has 1 aromatic carbocycles. The molecule has 0 unspecified atom stereocenters. The maximum atomic E-state index is 11.2. The van der Waals surface area contributed by atoms with Crippen LogP contribution in [0.25, 0.3) is 22.7 Å². The molecule has 1 saturated heterocycles. The zero-order valence-corrected chi connectivity index (χ0v) is 22.3. The van der Waals surface area contributed by atoms with Gasteiger partial charge in [-0.05, 0) is 90.5 Å². The van der Waals surface area contributed by atoms with E-state index in [1.807, 2.05) is 31.2 Å². The quantitative estimate of drug-likeness (QED) is 0.423. The molecule has 0 amide bonds. The molecule has 2 aliphatic rings. The lowest BCUT2D eigenvalue weighted by Gasteiger charge is -2.49. The van der Waals surface area contributed by atoms with Gasteiger partial charge in [0.2, 0.25) is 5.89 Å². The highest BCUT2D eigenvalue weighted by molar-refractivity contribution is 5.79. The minimum Gasteiger partial charge on any atom is -0.507 e. The third-order valence-electron chi connectivity index (χ3n) is 7.19. The Morgan fingerprint density at radius 1 is 1.14 bits per heavy atom. The lowest BCUT2D eigenvalue weighted by Crippen LogP contribution is -2.62. The van der Waals surface area contributed by atoms with E-state index in [0.29, 0.717) is 47.0 Å². The number of hydrogen-bond acceptors (Lipinski definition) is 7. The normalized spacial score (nSPS) is 19.3. The summed E-state index contributed by atoms with van der Waals surface area (Å²) >= 11 is 0. The number of aromatic nitrogens is 2. The minimum absolute atomic E-state index is 0.0362. The van der Waals surface area contributed by atoms with Gasteiger partial charge in [0.15, 0.2) is 0 Å². The van der Waals surface area contributed by atoms with Gasteiger partial charge in [0.05, 0.1) is 24.1 Å². The van der Waals surface area contributed by atoms with Crippen LogP contribution in [-0.2, 0) is 0 Å². The Kier molecular flexibility index (Phi) is 6.23. The van der Waals surface area contributed by atoms with Crippen molar-refractivity contribution in [3.8, 4) is 34.2 Å². The topological polar surface area (TPSA) is 83.7 Å². The Hall–Kier alpha value is -3.06. The molecule has 36 heavy (non-hydrogen) atoms. The van der Waals surface area contributed by atoms with Crippen LogP contribution < -0.4 is 15.0 Å². The van der Waals surface area contributed by atoms with Gasteiger partial charge in [-0.25, -0.2) is 9.97 Å². The van der Waals surface area contributed by atoms with E-state index in [9.17, 15) is 5.11 Å². The zero-order valence-electron chi connectivity index (χ0n) is 22.3. The van der Waals surface area contributed by atoms with Gasteiger partial charge in [0.1, 0.15) is 23.1 Å². The summed E-state index contributed by atoms with van der Waals surface area (Å²) in [6.07, 6.45) is 6.08. The number of anilines is 1. The first kappa shape index (κ1) is 24.6. The smallest absolute Gasteiger partial charge is 0.226 e. The molecular weight excluding hydrogens is 452 g/mol. The number of phenolic OH excluding ortho intramolecular Hbond substituents is 1. The Morgan fingerprint density at radius 3 is 2.50 bits per heavy atom. The minimum atomic E-state index is 0.0362.